The highest BCUT2D eigenvalue weighted by Crippen LogP contribution is 2.25. The standard InChI is InChI=1S/C21H18N4O4S2/c1-29-16-12-10-15(11-13-16)22-21(26)19(14-6-3-2-4-7-14)25-31(27,28)18-9-5-8-17-20(18)24-30-23-17/h2-13,19,25H,1H3,(H,22,26)/t19-/m0/s1. The molecule has 0 saturated heterocycles. The van der Waals surface area contributed by atoms with Gasteiger partial charge in [-0.05, 0) is 42.0 Å². The van der Waals surface area contributed by atoms with Gasteiger partial charge in [-0.1, -0.05) is 36.4 Å². The zero-order chi connectivity index (χ0) is 21.8. The number of nitrogens with one attached hydrogen (secondary N) is 2. The molecule has 0 aliphatic carbocycles. The number of methoxy groups -OCH3 is 1. The number of sulfonamides is 1. The van der Waals surface area contributed by atoms with Crippen LogP contribution in [0.1, 0.15) is 11.6 Å². The van der Waals surface area contributed by atoms with Crippen LogP contribution in [0.4, 0.5) is 5.69 Å². The van der Waals surface area contributed by atoms with Crippen molar-refractivity contribution in [3.05, 3.63) is 78.4 Å². The first-order valence-electron chi connectivity index (χ1n) is 9.21. The van der Waals surface area contributed by atoms with E-state index >= 15 is 0 Å². The summed E-state index contributed by atoms with van der Waals surface area (Å²) in [5.74, 6) is 0.117. The van der Waals surface area contributed by atoms with E-state index in [9.17, 15) is 13.2 Å². The third-order valence-electron chi connectivity index (χ3n) is 4.56. The van der Waals surface area contributed by atoms with Gasteiger partial charge in [-0.25, -0.2) is 8.42 Å². The molecule has 4 aromatic rings. The van der Waals surface area contributed by atoms with Crippen LogP contribution in [-0.2, 0) is 14.8 Å². The Balaban J connectivity index is 1.66. The smallest absolute Gasteiger partial charge is 0.247 e. The van der Waals surface area contributed by atoms with Crippen LogP contribution in [0.15, 0.2) is 77.7 Å². The number of rotatable bonds is 7. The van der Waals surface area contributed by atoms with E-state index in [0.717, 1.165) is 11.7 Å². The number of amides is 1. The predicted molar refractivity (Wildman–Crippen MR) is 119 cm³/mol. The second kappa shape index (κ2) is 8.80. The molecular formula is C21H18N4O4S2. The first kappa shape index (κ1) is 20.9. The average molecular weight is 455 g/mol. The number of carbonyl (C=O) groups excluding carboxylic acids is 1. The molecule has 1 atom stereocenters. The van der Waals surface area contributed by atoms with E-state index in [-0.39, 0.29) is 10.4 Å². The fourth-order valence-electron chi connectivity index (χ4n) is 3.02. The van der Waals surface area contributed by atoms with Gasteiger partial charge in [-0.3, -0.25) is 4.79 Å². The van der Waals surface area contributed by atoms with Gasteiger partial charge >= 0.3 is 0 Å². The molecule has 2 N–H and O–H groups in total. The molecule has 0 unspecified atom stereocenters. The maximum absolute atomic E-state index is 13.2. The number of fused-ring (bicyclic) bond motifs is 1. The van der Waals surface area contributed by atoms with Gasteiger partial charge in [0.25, 0.3) is 0 Å². The van der Waals surface area contributed by atoms with Gasteiger partial charge in [0.2, 0.25) is 15.9 Å². The summed E-state index contributed by atoms with van der Waals surface area (Å²) in [5.41, 5.74) is 1.76. The van der Waals surface area contributed by atoms with Crippen molar-refractivity contribution in [2.75, 3.05) is 12.4 Å². The molecular weight excluding hydrogens is 436 g/mol. The van der Waals surface area contributed by atoms with E-state index in [0.29, 0.717) is 22.5 Å². The van der Waals surface area contributed by atoms with Crippen molar-refractivity contribution in [3.8, 4) is 5.75 Å². The quantitative estimate of drug-likeness (QED) is 0.443. The number of carbonyl (C=O) groups is 1. The number of benzene rings is 3. The lowest BCUT2D eigenvalue weighted by molar-refractivity contribution is -0.117. The summed E-state index contributed by atoms with van der Waals surface area (Å²) >= 11 is 0.928. The largest absolute Gasteiger partial charge is 0.497 e. The normalized spacial score (nSPS) is 12.4. The Kier molecular flexibility index (Phi) is 5.94. The number of anilines is 1. The summed E-state index contributed by atoms with van der Waals surface area (Å²) in [6.07, 6.45) is 0. The third kappa shape index (κ3) is 4.55. The van der Waals surface area contributed by atoms with Crippen LogP contribution in [0.2, 0.25) is 0 Å². The molecule has 0 spiro atoms. The van der Waals surface area contributed by atoms with Crippen molar-refractivity contribution in [2.24, 2.45) is 0 Å². The Hall–Kier alpha value is -3.34. The first-order valence-corrected chi connectivity index (χ1v) is 11.4. The van der Waals surface area contributed by atoms with Crippen molar-refractivity contribution in [2.45, 2.75) is 10.9 Å². The summed E-state index contributed by atoms with van der Waals surface area (Å²) < 4.78 is 42.2. The minimum absolute atomic E-state index is 0.0306. The van der Waals surface area contributed by atoms with Gasteiger partial charge in [0.05, 0.1) is 18.8 Å². The zero-order valence-electron chi connectivity index (χ0n) is 16.3. The number of ether oxygens (including phenoxy) is 1. The van der Waals surface area contributed by atoms with E-state index in [2.05, 4.69) is 18.8 Å². The Morgan fingerprint density at radius 2 is 1.71 bits per heavy atom. The fraction of sp³-hybridized carbons (Fsp3) is 0.0952. The number of hydrogen-bond acceptors (Lipinski definition) is 7. The molecule has 0 saturated carbocycles. The first-order chi connectivity index (χ1) is 15.0. The van der Waals surface area contributed by atoms with Gasteiger partial charge in [0, 0.05) is 5.69 Å². The average Bonchev–Trinajstić information content (AvgIpc) is 3.27. The van der Waals surface area contributed by atoms with Crippen LogP contribution in [0.5, 0.6) is 5.75 Å². The molecule has 0 bridgehead atoms. The van der Waals surface area contributed by atoms with E-state index in [1.165, 1.54) is 6.07 Å². The molecule has 0 aliphatic rings. The van der Waals surface area contributed by atoms with Crippen LogP contribution in [0.3, 0.4) is 0 Å². The highest BCUT2D eigenvalue weighted by molar-refractivity contribution is 7.89. The van der Waals surface area contributed by atoms with Gasteiger partial charge < -0.3 is 10.1 Å². The van der Waals surface area contributed by atoms with Gasteiger partial charge in [-0.2, -0.15) is 13.5 Å². The van der Waals surface area contributed by atoms with E-state index in [1.807, 2.05) is 0 Å². The monoisotopic (exact) mass is 454 g/mol. The van der Waals surface area contributed by atoms with Crippen molar-refractivity contribution in [1.29, 1.82) is 0 Å². The third-order valence-corrected chi connectivity index (χ3v) is 6.56. The highest BCUT2D eigenvalue weighted by atomic mass is 32.2. The van der Waals surface area contributed by atoms with Crippen molar-refractivity contribution >= 4 is 44.4 Å². The SMILES string of the molecule is COc1ccc(NC(=O)[C@@H](NS(=O)(=O)c2cccc3nsnc23)c2ccccc2)cc1. The topological polar surface area (TPSA) is 110 Å². The highest BCUT2D eigenvalue weighted by Gasteiger charge is 2.29. The lowest BCUT2D eigenvalue weighted by Crippen LogP contribution is -2.37. The Morgan fingerprint density at radius 1 is 0.968 bits per heavy atom. The maximum atomic E-state index is 13.2. The van der Waals surface area contributed by atoms with Crippen molar-refractivity contribution < 1.29 is 17.9 Å². The molecule has 3 aromatic carbocycles. The van der Waals surface area contributed by atoms with Gasteiger partial charge in [0.15, 0.2) is 0 Å². The molecule has 1 heterocycles. The molecule has 0 fully saturated rings. The van der Waals surface area contributed by atoms with Gasteiger partial charge in [-0.15, -0.1) is 0 Å². The summed E-state index contributed by atoms with van der Waals surface area (Å²) in [6.45, 7) is 0. The molecule has 8 nitrogen and oxygen atoms in total. The lowest BCUT2D eigenvalue weighted by atomic mass is 10.1. The predicted octanol–water partition coefficient (Wildman–Crippen LogP) is 3.36. The summed E-state index contributed by atoms with van der Waals surface area (Å²) in [4.78, 5) is 13.1. The van der Waals surface area contributed by atoms with Crippen LogP contribution >= 0.6 is 11.7 Å². The molecule has 10 heteroatoms. The van der Waals surface area contributed by atoms with Crippen LogP contribution < -0.4 is 14.8 Å². The molecule has 0 radical (unpaired) electrons. The number of nitrogens with zero attached hydrogens (tertiary/aromatic N) is 2. The second-order valence-corrected chi connectivity index (χ2v) is 8.78. The van der Waals surface area contributed by atoms with E-state index in [1.54, 1.807) is 73.8 Å². The van der Waals surface area contributed by atoms with E-state index in [4.69, 9.17) is 4.74 Å². The van der Waals surface area contributed by atoms with Crippen LogP contribution in [0, 0.1) is 0 Å². The molecule has 4 rings (SSSR count). The molecule has 1 amide bonds. The summed E-state index contributed by atoms with van der Waals surface area (Å²) in [5, 5.41) is 2.75. The van der Waals surface area contributed by atoms with Crippen LogP contribution in [-0.4, -0.2) is 30.2 Å². The molecule has 31 heavy (non-hydrogen) atoms. The molecule has 0 aliphatic heterocycles. The Labute approximate surface area is 183 Å². The van der Waals surface area contributed by atoms with Gasteiger partial charge in [0.1, 0.15) is 27.7 Å². The molecule has 1 aromatic heterocycles. The lowest BCUT2D eigenvalue weighted by Gasteiger charge is -2.19. The Morgan fingerprint density at radius 3 is 2.42 bits per heavy atom. The number of hydrogen-bond donors (Lipinski definition) is 2. The zero-order valence-corrected chi connectivity index (χ0v) is 18.0. The fourth-order valence-corrected chi connectivity index (χ4v) is 4.97. The van der Waals surface area contributed by atoms with Crippen molar-refractivity contribution in [1.82, 2.24) is 13.5 Å². The van der Waals surface area contributed by atoms with Crippen LogP contribution in [0.25, 0.3) is 11.0 Å². The molecule has 158 valence electrons. The minimum Gasteiger partial charge on any atom is -0.497 e. The number of aromatic nitrogens is 2. The summed E-state index contributed by atoms with van der Waals surface area (Å²) in [7, 11) is -2.53. The van der Waals surface area contributed by atoms with E-state index < -0.39 is 22.0 Å². The summed E-state index contributed by atoms with van der Waals surface area (Å²) in [6, 6.07) is 19.0. The second-order valence-electron chi connectivity index (χ2n) is 6.57. The minimum atomic E-state index is -4.08. The Bertz CT molecular complexity index is 1310. The maximum Gasteiger partial charge on any atom is 0.247 e. The van der Waals surface area contributed by atoms with Crippen molar-refractivity contribution in [3.63, 3.8) is 0 Å².